The highest BCUT2D eigenvalue weighted by molar-refractivity contribution is 6.01. The van der Waals surface area contributed by atoms with Gasteiger partial charge in [0.2, 0.25) is 0 Å². The summed E-state index contributed by atoms with van der Waals surface area (Å²) in [5.41, 5.74) is -0.543. The van der Waals surface area contributed by atoms with Gasteiger partial charge in [0, 0.05) is 13.2 Å². The molecule has 0 radical (unpaired) electrons. The number of hydrogen-bond acceptors (Lipinski definition) is 3. The average Bonchev–Trinajstić information content (AvgIpc) is 2.28. The van der Waals surface area contributed by atoms with Gasteiger partial charge < -0.3 is 9.47 Å². The molecule has 0 saturated heterocycles. The highest BCUT2D eigenvalue weighted by atomic mass is 16.5. The summed E-state index contributed by atoms with van der Waals surface area (Å²) >= 11 is 0. The summed E-state index contributed by atoms with van der Waals surface area (Å²) < 4.78 is 10.7. The Balaban J connectivity index is 2.91. The molecule has 1 aliphatic rings. The summed E-state index contributed by atoms with van der Waals surface area (Å²) in [4.78, 5) is 11.2. The second-order valence-electron chi connectivity index (χ2n) is 3.65. The van der Waals surface area contributed by atoms with Crippen molar-refractivity contribution in [1.82, 2.24) is 0 Å². The Kier molecular flexibility index (Phi) is 4.09. The van der Waals surface area contributed by atoms with Crippen LogP contribution in [0, 0.1) is 0 Å². The van der Waals surface area contributed by atoms with Crippen molar-refractivity contribution in [3.8, 4) is 0 Å². The lowest BCUT2D eigenvalue weighted by atomic mass is 9.89. The largest absolute Gasteiger partial charge is 0.498 e. The van der Waals surface area contributed by atoms with Crippen molar-refractivity contribution >= 4 is 5.78 Å². The predicted octanol–water partition coefficient (Wildman–Crippen LogP) is 2.23. The van der Waals surface area contributed by atoms with Gasteiger partial charge >= 0.3 is 0 Å². The van der Waals surface area contributed by atoms with Crippen molar-refractivity contribution in [1.29, 1.82) is 0 Å². The Bertz CT molecular complexity index is 291. The zero-order valence-electron chi connectivity index (χ0n) is 9.58. The second kappa shape index (κ2) is 5.12. The average molecular weight is 210 g/mol. The Morgan fingerprint density at radius 1 is 1.40 bits per heavy atom. The van der Waals surface area contributed by atoms with Crippen LogP contribution in [0.1, 0.15) is 26.2 Å². The van der Waals surface area contributed by atoms with Crippen LogP contribution in [0.3, 0.4) is 0 Å². The molecule has 0 aromatic rings. The van der Waals surface area contributed by atoms with Crippen LogP contribution in [-0.4, -0.2) is 25.6 Å². The molecule has 0 bridgehead atoms. The molecule has 1 rings (SSSR count). The van der Waals surface area contributed by atoms with Gasteiger partial charge in [-0.2, -0.15) is 0 Å². The molecule has 0 spiro atoms. The summed E-state index contributed by atoms with van der Waals surface area (Å²) in [5, 5.41) is 0. The number of carbonyl (C=O) groups is 1. The maximum absolute atomic E-state index is 11.2. The third-order valence-electron chi connectivity index (χ3n) is 2.69. The van der Waals surface area contributed by atoms with Gasteiger partial charge in [0.1, 0.15) is 11.4 Å². The topological polar surface area (TPSA) is 35.5 Å². The minimum atomic E-state index is -0.543. The van der Waals surface area contributed by atoms with Gasteiger partial charge in [0.05, 0.1) is 7.11 Å². The molecule has 1 unspecified atom stereocenters. The molecule has 0 N–H and O–H groups in total. The Hall–Kier alpha value is -1.09. The SMILES string of the molecule is CCCCC1(OC)C=CC(=O)C=C1OC. The molecule has 0 amide bonds. The molecule has 1 atom stereocenters. The Morgan fingerprint density at radius 2 is 2.13 bits per heavy atom. The number of rotatable bonds is 5. The van der Waals surface area contributed by atoms with Crippen molar-refractivity contribution in [3.63, 3.8) is 0 Å². The summed E-state index contributed by atoms with van der Waals surface area (Å²) in [7, 11) is 3.21. The van der Waals surface area contributed by atoms with E-state index in [2.05, 4.69) is 6.92 Å². The molecule has 0 aromatic heterocycles. The normalized spacial score (nSPS) is 25.3. The summed E-state index contributed by atoms with van der Waals surface area (Å²) in [6, 6.07) is 0. The zero-order valence-corrected chi connectivity index (χ0v) is 9.58. The lowest BCUT2D eigenvalue weighted by Crippen LogP contribution is -2.35. The van der Waals surface area contributed by atoms with E-state index in [1.807, 2.05) is 0 Å². The molecular weight excluding hydrogens is 192 g/mol. The maximum atomic E-state index is 11.2. The summed E-state index contributed by atoms with van der Waals surface area (Å²) in [6.07, 6.45) is 7.80. The van der Waals surface area contributed by atoms with Crippen LogP contribution in [0.2, 0.25) is 0 Å². The van der Waals surface area contributed by atoms with E-state index in [0.717, 1.165) is 19.3 Å². The minimum absolute atomic E-state index is 0.0453. The van der Waals surface area contributed by atoms with Crippen LogP contribution in [0.5, 0.6) is 0 Å². The third-order valence-corrected chi connectivity index (χ3v) is 2.69. The first kappa shape index (κ1) is 12.0. The van der Waals surface area contributed by atoms with Crippen LogP contribution in [-0.2, 0) is 14.3 Å². The number of hydrogen-bond donors (Lipinski definition) is 0. The first-order valence-corrected chi connectivity index (χ1v) is 5.23. The Labute approximate surface area is 90.8 Å². The van der Waals surface area contributed by atoms with Gasteiger partial charge in [0.15, 0.2) is 5.78 Å². The van der Waals surface area contributed by atoms with Gasteiger partial charge in [-0.25, -0.2) is 0 Å². The fourth-order valence-electron chi connectivity index (χ4n) is 1.75. The fourth-order valence-corrected chi connectivity index (χ4v) is 1.75. The van der Waals surface area contributed by atoms with Crippen LogP contribution < -0.4 is 0 Å². The van der Waals surface area contributed by atoms with Crippen molar-refractivity contribution in [2.45, 2.75) is 31.8 Å². The van der Waals surface area contributed by atoms with E-state index in [4.69, 9.17) is 9.47 Å². The van der Waals surface area contributed by atoms with Gasteiger partial charge in [0.25, 0.3) is 0 Å². The van der Waals surface area contributed by atoms with Crippen LogP contribution in [0.15, 0.2) is 24.0 Å². The van der Waals surface area contributed by atoms with E-state index >= 15 is 0 Å². The van der Waals surface area contributed by atoms with Gasteiger partial charge in [-0.05, 0) is 18.6 Å². The number of allylic oxidation sites excluding steroid dienone is 2. The smallest absolute Gasteiger partial charge is 0.181 e. The van der Waals surface area contributed by atoms with E-state index < -0.39 is 5.60 Å². The third kappa shape index (κ3) is 2.48. The molecule has 84 valence electrons. The number of methoxy groups -OCH3 is 2. The maximum Gasteiger partial charge on any atom is 0.181 e. The molecule has 3 nitrogen and oxygen atoms in total. The Morgan fingerprint density at radius 3 is 2.67 bits per heavy atom. The lowest BCUT2D eigenvalue weighted by molar-refractivity contribution is -0.111. The number of ketones is 1. The summed E-state index contributed by atoms with van der Waals surface area (Å²) in [5.74, 6) is 0.557. The second-order valence-corrected chi connectivity index (χ2v) is 3.65. The molecule has 0 heterocycles. The molecule has 15 heavy (non-hydrogen) atoms. The van der Waals surface area contributed by atoms with E-state index in [-0.39, 0.29) is 5.78 Å². The standard InChI is InChI=1S/C12H18O3/c1-4-5-7-12(15-3)8-6-10(13)9-11(12)14-2/h6,8-9H,4-5,7H2,1-3H3. The monoisotopic (exact) mass is 210 g/mol. The van der Waals surface area contributed by atoms with Crippen molar-refractivity contribution in [3.05, 3.63) is 24.0 Å². The molecule has 0 aliphatic heterocycles. The summed E-state index contributed by atoms with van der Waals surface area (Å²) in [6.45, 7) is 2.12. The van der Waals surface area contributed by atoms with Crippen LogP contribution in [0.25, 0.3) is 0 Å². The van der Waals surface area contributed by atoms with E-state index in [9.17, 15) is 4.79 Å². The quantitative estimate of drug-likeness (QED) is 0.698. The minimum Gasteiger partial charge on any atom is -0.498 e. The van der Waals surface area contributed by atoms with E-state index in [1.54, 1.807) is 26.4 Å². The van der Waals surface area contributed by atoms with Crippen molar-refractivity contribution < 1.29 is 14.3 Å². The number of carbonyl (C=O) groups excluding carboxylic acids is 1. The fraction of sp³-hybridized carbons (Fsp3) is 0.583. The van der Waals surface area contributed by atoms with Gasteiger partial charge in [-0.3, -0.25) is 4.79 Å². The molecule has 0 saturated carbocycles. The number of ether oxygens (including phenoxy) is 2. The van der Waals surface area contributed by atoms with Gasteiger partial charge in [-0.15, -0.1) is 0 Å². The predicted molar refractivity (Wildman–Crippen MR) is 58.5 cm³/mol. The molecule has 0 fully saturated rings. The van der Waals surface area contributed by atoms with Crippen LogP contribution >= 0.6 is 0 Å². The van der Waals surface area contributed by atoms with Crippen molar-refractivity contribution in [2.24, 2.45) is 0 Å². The number of unbranched alkanes of at least 4 members (excludes halogenated alkanes) is 1. The van der Waals surface area contributed by atoms with Crippen molar-refractivity contribution in [2.75, 3.05) is 14.2 Å². The van der Waals surface area contributed by atoms with E-state index in [0.29, 0.717) is 5.76 Å². The highest BCUT2D eigenvalue weighted by Gasteiger charge is 2.35. The molecule has 0 aromatic carbocycles. The highest BCUT2D eigenvalue weighted by Crippen LogP contribution is 2.31. The lowest BCUT2D eigenvalue weighted by Gasteiger charge is -2.32. The zero-order chi connectivity index (χ0) is 11.3. The van der Waals surface area contributed by atoms with E-state index in [1.165, 1.54) is 6.08 Å². The van der Waals surface area contributed by atoms with Gasteiger partial charge in [-0.1, -0.05) is 19.8 Å². The first-order chi connectivity index (χ1) is 7.18. The van der Waals surface area contributed by atoms with Crippen LogP contribution in [0.4, 0.5) is 0 Å². The molecule has 3 heteroatoms. The molecule has 1 aliphatic carbocycles. The molecular formula is C12H18O3. The first-order valence-electron chi connectivity index (χ1n) is 5.23.